The van der Waals surface area contributed by atoms with Gasteiger partial charge in [-0.2, -0.15) is 0 Å². The molecule has 0 radical (unpaired) electrons. The molecule has 1 amide bonds. The first kappa shape index (κ1) is 18.2. The fourth-order valence-electron chi connectivity index (χ4n) is 2.95. The van der Waals surface area contributed by atoms with Gasteiger partial charge in [-0.1, -0.05) is 60.7 Å². The van der Waals surface area contributed by atoms with Crippen molar-refractivity contribution in [3.05, 3.63) is 100 Å². The van der Waals surface area contributed by atoms with E-state index in [9.17, 15) is 4.79 Å². The summed E-state index contributed by atoms with van der Waals surface area (Å²) in [6, 6.07) is 25.3. The maximum atomic E-state index is 13.1. The molecular formula is C22H20BrNO2. The van der Waals surface area contributed by atoms with E-state index >= 15 is 0 Å². The van der Waals surface area contributed by atoms with Gasteiger partial charge in [0.1, 0.15) is 5.75 Å². The van der Waals surface area contributed by atoms with Crippen molar-refractivity contribution in [2.75, 3.05) is 7.11 Å². The van der Waals surface area contributed by atoms with Crippen LogP contribution < -0.4 is 10.1 Å². The Labute approximate surface area is 162 Å². The number of carbonyl (C=O) groups excluding carboxylic acids is 1. The molecule has 0 aliphatic heterocycles. The highest BCUT2D eigenvalue weighted by atomic mass is 79.9. The maximum absolute atomic E-state index is 13.1. The van der Waals surface area contributed by atoms with Gasteiger partial charge in [-0.05, 0) is 52.2 Å². The van der Waals surface area contributed by atoms with Crippen LogP contribution in [0.2, 0.25) is 0 Å². The smallest absolute Gasteiger partial charge is 0.253 e. The number of halogens is 1. The monoisotopic (exact) mass is 409 g/mol. The highest BCUT2D eigenvalue weighted by molar-refractivity contribution is 9.10. The molecule has 0 heterocycles. The molecule has 0 saturated carbocycles. The molecule has 4 heteroatoms. The standard InChI is InChI=1S/C22H20BrNO2/c1-22(16-9-5-3-6-10-16,17-11-7-4-8-12-17)24-21(25)19-15-18(26-2)13-14-20(19)23/h3-15H,1-2H3,(H,24,25). The minimum atomic E-state index is -0.665. The zero-order valence-corrected chi connectivity index (χ0v) is 16.3. The lowest BCUT2D eigenvalue weighted by molar-refractivity contribution is 0.0918. The maximum Gasteiger partial charge on any atom is 0.253 e. The van der Waals surface area contributed by atoms with Crippen LogP contribution in [0.5, 0.6) is 5.75 Å². The van der Waals surface area contributed by atoms with E-state index in [4.69, 9.17) is 4.74 Å². The molecule has 0 fully saturated rings. The van der Waals surface area contributed by atoms with Crippen molar-refractivity contribution in [1.29, 1.82) is 0 Å². The summed E-state index contributed by atoms with van der Waals surface area (Å²) >= 11 is 3.46. The van der Waals surface area contributed by atoms with Crippen LogP contribution in [0, 0.1) is 0 Å². The van der Waals surface area contributed by atoms with Crippen LogP contribution in [0.1, 0.15) is 28.4 Å². The van der Waals surface area contributed by atoms with E-state index in [-0.39, 0.29) is 5.91 Å². The molecular weight excluding hydrogens is 390 g/mol. The van der Waals surface area contributed by atoms with Gasteiger partial charge < -0.3 is 10.1 Å². The van der Waals surface area contributed by atoms with E-state index in [1.54, 1.807) is 13.2 Å². The molecule has 0 unspecified atom stereocenters. The van der Waals surface area contributed by atoms with Gasteiger partial charge >= 0.3 is 0 Å². The SMILES string of the molecule is COc1ccc(Br)c(C(=O)NC(C)(c2ccccc2)c2ccccc2)c1. The van der Waals surface area contributed by atoms with Crippen molar-refractivity contribution in [1.82, 2.24) is 5.32 Å². The summed E-state index contributed by atoms with van der Waals surface area (Å²) < 4.78 is 5.98. The Morgan fingerprint density at radius 1 is 0.923 bits per heavy atom. The Kier molecular flexibility index (Phi) is 5.43. The third-order valence-corrected chi connectivity index (χ3v) is 5.18. The van der Waals surface area contributed by atoms with E-state index in [1.165, 1.54) is 0 Å². The van der Waals surface area contributed by atoms with Crippen LogP contribution in [0.25, 0.3) is 0 Å². The second kappa shape index (κ2) is 7.75. The molecule has 0 atom stereocenters. The second-order valence-corrected chi connectivity index (χ2v) is 7.01. The topological polar surface area (TPSA) is 38.3 Å². The van der Waals surface area contributed by atoms with E-state index in [0.717, 1.165) is 15.6 Å². The van der Waals surface area contributed by atoms with Crippen molar-refractivity contribution in [3.8, 4) is 5.75 Å². The first-order chi connectivity index (χ1) is 12.5. The Morgan fingerprint density at radius 2 is 1.46 bits per heavy atom. The first-order valence-corrected chi connectivity index (χ1v) is 9.11. The van der Waals surface area contributed by atoms with E-state index in [0.29, 0.717) is 11.3 Å². The quantitative estimate of drug-likeness (QED) is 0.632. The van der Waals surface area contributed by atoms with Gasteiger partial charge in [-0.25, -0.2) is 0 Å². The average molecular weight is 410 g/mol. The summed E-state index contributed by atoms with van der Waals surface area (Å²) in [7, 11) is 1.59. The van der Waals surface area contributed by atoms with Crippen LogP contribution in [0.15, 0.2) is 83.3 Å². The number of amides is 1. The van der Waals surface area contributed by atoms with Crippen molar-refractivity contribution in [3.63, 3.8) is 0 Å². The predicted octanol–water partition coefficient (Wildman–Crippen LogP) is 5.15. The molecule has 1 N–H and O–H groups in total. The molecule has 0 spiro atoms. The summed E-state index contributed by atoms with van der Waals surface area (Å²) in [6.07, 6.45) is 0. The minimum absolute atomic E-state index is 0.175. The summed E-state index contributed by atoms with van der Waals surface area (Å²) in [5.74, 6) is 0.463. The highest BCUT2D eigenvalue weighted by Crippen LogP contribution is 2.31. The number of benzene rings is 3. The van der Waals surface area contributed by atoms with Crippen molar-refractivity contribution in [2.24, 2.45) is 0 Å². The van der Waals surface area contributed by atoms with Crippen LogP contribution >= 0.6 is 15.9 Å². The van der Waals surface area contributed by atoms with Gasteiger partial charge in [-0.3, -0.25) is 4.79 Å². The summed E-state index contributed by atoms with van der Waals surface area (Å²) in [6.45, 7) is 2.02. The fraction of sp³-hybridized carbons (Fsp3) is 0.136. The Morgan fingerprint density at radius 3 is 1.96 bits per heavy atom. The fourth-order valence-corrected chi connectivity index (χ4v) is 3.38. The van der Waals surface area contributed by atoms with Crippen LogP contribution in [0.3, 0.4) is 0 Å². The van der Waals surface area contributed by atoms with Crippen molar-refractivity contribution >= 4 is 21.8 Å². The highest BCUT2D eigenvalue weighted by Gasteiger charge is 2.31. The first-order valence-electron chi connectivity index (χ1n) is 8.31. The van der Waals surface area contributed by atoms with Crippen LogP contribution in [0.4, 0.5) is 0 Å². The zero-order valence-electron chi connectivity index (χ0n) is 14.7. The van der Waals surface area contributed by atoms with Crippen molar-refractivity contribution in [2.45, 2.75) is 12.5 Å². The average Bonchev–Trinajstić information content (AvgIpc) is 2.69. The molecule has 132 valence electrons. The summed E-state index contributed by atoms with van der Waals surface area (Å²) in [5, 5.41) is 3.21. The number of methoxy groups -OCH3 is 1. The lowest BCUT2D eigenvalue weighted by Gasteiger charge is -2.32. The number of rotatable bonds is 5. The number of carbonyl (C=O) groups is 1. The molecule has 3 rings (SSSR count). The van der Waals surface area contributed by atoms with Crippen LogP contribution in [-0.4, -0.2) is 13.0 Å². The third kappa shape index (κ3) is 3.65. The third-order valence-electron chi connectivity index (χ3n) is 4.48. The zero-order chi connectivity index (χ0) is 18.6. The van der Waals surface area contributed by atoms with Gasteiger partial charge in [-0.15, -0.1) is 0 Å². The second-order valence-electron chi connectivity index (χ2n) is 6.16. The molecule has 0 bridgehead atoms. The van der Waals surface area contributed by atoms with Gasteiger partial charge in [0.25, 0.3) is 5.91 Å². The normalized spacial score (nSPS) is 11.0. The minimum Gasteiger partial charge on any atom is -0.497 e. The molecule has 3 aromatic rings. The van der Waals surface area contributed by atoms with E-state index in [1.807, 2.05) is 79.7 Å². The predicted molar refractivity (Wildman–Crippen MR) is 107 cm³/mol. The van der Waals surface area contributed by atoms with Crippen molar-refractivity contribution < 1.29 is 9.53 Å². The lowest BCUT2D eigenvalue weighted by Crippen LogP contribution is -2.44. The molecule has 0 aliphatic rings. The lowest BCUT2D eigenvalue weighted by atomic mass is 9.84. The largest absolute Gasteiger partial charge is 0.497 e. The Balaban J connectivity index is 2.03. The summed E-state index contributed by atoms with van der Waals surface area (Å²) in [4.78, 5) is 13.1. The van der Waals surface area contributed by atoms with E-state index in [2.05, 4.69) is 21.2 Å². The van der Waals surface area contributed by atoms with Gasteiger partial charge in [0.05, 0.1) is 18.2 Å². The van der Waals surface area contributed by atoms with E-state index < -0.39 is 5.54 Å². The molecule has 0 saturated heterocycles. The number of hydrogen-bond donors (Lipinski definition) is 1. The Bertz CT molecular complexity index is 855. The summed E-state index contributed by atoms with van der Waals surface area (Å²) in [5.41, 5.74) is 1.89. The molecule has 3 aromatic carbocycles. The molecule has 3 nitrogen and oxygen atoms in total. The number of nitrogens with one attached hydrogen (secondary N) is 1. The number of ether oxygens (including phenoxy) is 1. The van der Waals surface area contributed by atoms with Gasteiger partial charge in [0.15, 0.2) is 0 Å². The molecule has 26 heavy (non-hydrogen) atoms. The molecule has 0 aromatic heterocycles. The van der Waals surface area contributed by atoms with Crippen LogP contribution in [-0.2, 0) is 5.54 Å². The Hall–Kier alpha value is -2.59. The van der Waals surface area contributed by atoms with Gasteiger partial charge in [0, 0.05) is 4.47 Å². The molecule has 0 aliphatic carbocycles. The van der Waals surface area contributed by atoms with Gasteiger partial charge in [0.2, 0.25) is 0 Å². The number of hydrogen-bond acceptors (Lipinski definition) is 2.